The number of rotatable bonds is 6. The molecule has 0 aliphatic carbocycles. The van der Waals surface area contributed by atoms with Crippen molar-refractivity contribution in [2.75, 3.05) is 13.2 Å². The fourth-order valence-electron chi connectivity index (χ4n) is 1.38. The molecule has 0 bridgehead atoms. The van der Waals surface area contributed by atoms with Crippen LogP contribution in [0.5, 0.6) is 0 Å². The van der Waals surface area contributed by atoms with Gasteiger partial charge >= 0.3 is 5.97 Å². The van der Waals surface area contributed by atoms with Crippen LogP contribution in [0.25, 0.3) is 0 Å². The van der Waals surface area contributed by atoms with Gasteiger partial charge < -0.3 is 9.84 Å². The van der Waals surface area contributed by atoms with E-state index in [1.54, 1.807) is 18.2 Å². The Balaban J connectivity index is 2.59. The summed E-state index contributed by atoms with van der Waals surface area (Å²) in [6.07, 6.45) is 1.71. The molecule has 0 aliphatic heterocycles. The maximum Gasteiger partial charge on any atom is 0.335 e. The van der Waals surface area contributed by atoms with Crippen molar-refractivity contribution >= 4 is 5.97 Å². The topological polar surface area (TPSA) is 46.5 Å². The van der Waals surface area contributed by atoms with Crippen LogP contribution in [0.2, 0.25) is 0 Å². The fourth-order valence-corrected chi connectivity index (χ4v) is 1.38. The zero-order valence-electron chi connectivity index (χ0n) is 9.35. The number of carbonyl (C=O) groups is 1. The lowest BCUT2D eigenvalue weighted by Gasteiger charge is -2.11. The van der Waals surface area contributed by atoms with Crippen molar-refractivity contribution < 1.29 is 14.6 Å². The molecule has 3 nitrogen and oxygen atoms in total. The van der Waals surface area contributed by atoms with Crippen LogP contribution in [-0.2, 0) is 4.74 Å². The summed E-state index contributed by atoms with van der Waals surface area (Å²) in [6, 6.07) is 6.88. The van der Waals surface area contributed by atoms with E-state index in [1.165, 1.54) is 0 Å². The van der Waals surface area contributed by atoms with Gasteiger partial charge in [-0.05, 0) is 17.7 Å². The third-order valence-electron chi connectivity index (χ3n) is 2.33. The first kappa shape index (κ1) is 12.5. The molecule has 0 radical (unpaired) electrons. The van der Waals surface area contributed by atoms with Gasteiger partial charge in [-0.25, -0.2) is 4.79 Å². The van der Waals surface area contributed by atoms with Crippen LogP contribution in [-0.4, -0.2) is 24.3 Å². The minimum atomic E-state index is -0.901. The fraction of sp³-hybridized carbons (Fsp3) is 0.308. The maximum atomic E-state index is 10.7. The van der Waals surface area contributed by atoms with Gasteiger partial charge in [0.05, 0.1) is 18.8 Å². The Hall–Kier alpha value is -1.61. The van der Waals surface area contributed by atoms with E-state index in [1.807, 2.05) is 19.1 Å². The van der Waals surface area contributed by atoms with Gasteiger partial charge in [-0.2, -0.15) is 0 Å². The minimum absolute atomic E-state index is 0.253. The summed E-state index contributed by atoms with van der Waals surface area (Å²) < 4.78 is 5.34. The molecular formula is C13H16O3. The highest BCUT2D eigenvalue weighted by atomic mass is 16.5. The Morgan fingerprint density at radius 3 is 2.62 bits per heavy atom. The summed E-state index contributed by atoms with van der Waals surface area (Å²) in [5.74, 6) is -0.648. The number of carboxylic acids is 1. The third-order valence-corrected chi connectivity index (χ3v) is 2.33. The molecule has 86 valence electrons. The van der Waals surface area contributed by atoms with E-state index in [0.29, 0.717) is 18.8 Å². The average molecular weight is 220 g/mol. The Morgan fingerprint density at radius 2 is 2.12 bits per heavy atom. The molecule has 3 heteroatoms. The van der Waals surface area contributed by atoms with Gasteiger partial charge in [-0.1, -0.05) is 25.1 Å². The van der Waals surface area contributed by atoms with Crippen molar-refractivity contribution in [3.05, 3.63) is 48.0 Å². The molecular weight excluding hydrogens is 204 g/mol. The summed E-state index contributed by atoms with van der Waals surface area (Å²) >= 11 is 0. The molecule has 0 saturated carbocycles. The molecule has 16 heavy (non-hydrogen) atoms. The van der Waals surface area contributed by atoms with Crippen LogP contribution in [0.3, 0.4) is 0 Å². The lowest BCUT2D eigenvalue weighted by Crippen LogP contribution is -2.05. The minimum Gasteiger partial charge on any atom is -0.478 e. The highest BCUT2D eigenvalue weighted by Crippen LogP contribution is 2.16. The summed E-state index contributed by atoms with van der Waals surface area (Å²) in [5.41, 5.74) is 1.39. The summed E-state index contributed by atoms with van der Waals surface area (Å²) in [5, 5.41) is 8.75. The third kappa shape index (κ3) is 3.51. The first-order chi connectivity index (χ1) is 7.65. The van der Waals surface area contributed by atoms with Crippen LogP contribution < -0.4 is 0 Å². The number of hydrogen-bond donors (Lipinski definition) is 1. The molecule has 1 atom stereocenters. The first-order valence-corrected chi connectivity index (χ1v) is 5.17. The largest absolute Gasteiger partial charge is 0.478 e. The second-order valence-corrected chi connectivity index (χ2v) is 3.65. The quantitative estimate of drug-likeness (QED) is 0.592. The van der Waals surface area contributed by atoms with Crippen molar-refractivity contribution in [2.24, 2.45) is 0 Å². The number of ether oxygens (including phenoxy) is 1. The van der Waals surface area contributed by atoms with Crippen LogP contribution in [0.15, 0.2) is 36.9 Å². The predicted octanol–water partition coefficient (Wildman–Crippen LogP) is 2.69. The highest BCUT2D eigenvalue weighted by Gasteiger charge is 2.07. The zero-order valence-corrected chi connectivity index (χ0v) is 9.35. The van der Waals surface area contributed by atoms with Gasteiger partial charge in [0.15, 0.2) is 0 Å². The van der Waals surface area contributed by atoms with E-state index in [9.17, 15) is 4.79 Å². The number of hydrogen-bond acceptors (Lipinski definition) is 2. The monoisotopic (exact) mass is 220 g/mol. The van der Waals surface area contributed by atoms with E-state index in [2.05, 4.69) is 6.58 Å². The molecule has 0 amide bonds. The molecule has 0 fully saturated rings. The zero-order chi connectivity index (χ0) is 12.0. The van der Waals surface area contributed by atoms with Crippen LogP contribution in [0, 0.1) is 0 Å². The Morgan fingerprint density at radius 1 is 1.50 bits per heavy atom. The second kappa shape index (κ2) is 6.08. The standard InChI is InChI=1S/C13H16O3/c1-3-8-16-9-10(2)11-4-6-12(7-5-11)13(14)15/h3-7,10H,1,8-9H2,2H3,(H,14,15). The maximum absolute atomic E-state index is 10.7. The number of carboxylic acid groups (broad SMARTS) is 1. The van der Waals surface area contributed by atoms with E-state index in [4.69, 9.17) is 9.84 Å². The van der Waals surface area contributed by atoms with Gasteiger partial charge in [-0.15, -0.1) is 6.58 Å². The average Bonchev–Trinajstić information content (AvgIpc) is 2.29. The van der Waals surface area contributed by atoms with Gasteiger partial charge in [0, 0.05) is 5.92 Å². The van der Waals surface area contributed by atoms with E-state index < -0.39 is 5.97 Å². The Bertz CT molecular complexity index is 354. The first-order valence-electron chi connectivity index (χ1n) is 5.17. The van der Waals surface area contributed by atoms with Crippen molar-refractivity contribution in [1.29, 1.82) is 0 Å². The molecule has 0 spiro atoms. The van der Waals surface area contributed by atoms with Gasteiger partial charge in [0.25, 0.3) is 0 Å². The highest BCUT2D eigenvalue weighted by molar-refractivity contribution is 5.87. The second-order valence-electron chi connectivity index (χ2n) is 3.65. The molecule has 1 aromatic carbocycles. The summed E-state index contributed by atoms with van der Waals surface area (Å²) in [7, 11) is 0. The van der Waals surface area contributed by atoms with Crippen molar-refractivity contribution in [2.45, 2.75) is 12.8 Å². The Kier molecular flexibility index (Phi) is 4.73. The lowest BCUT2D eigenvalue weighted by atomic mass is 10.0. The number of aromatic carboxylic acids is 1. The lowest BCUT2D eigenvalue weighted by molar-refractivity contribution is 0.0697. The van der Waals surface area contributed by atoms with Crippen LogP contribution in [0.4, 0.5) is 0 Å². The van der Waals surface area contributed by atoms with E-state index in [-0.39, 0.29) is 5.92 Å². The molecule has 0 aromatic heterocycles. The molecule has 1 N–H and O–H groups in total. The van der Waals surface area contributed by atoms with E-state index >= 15 is 0 Å². The van der Waals surface area contributed by atoms with Crippen LogP contribution >= 0.6 is 0 Å². The van der Waals surface area contributed by atoms with Crippen LogP contribution in [0.1, 0.15) is 28.8 Å². The van der Waals surface area contributed by atoms with Gasteiger partial charge in [0.2, 0.25) is 0 Å². The molecule has 0 heterocycles. The van der Waals surface area contributed by atoms with Crippen molar-refractivity contribution in [3.8, 4) is 0 Å². The smallest absolute Gasteiger partial charge is 0.335 e. The Labute approximate surface area is 95.4 Å². The number of benzene rings is 1. The summed E-state index contributed by atoms with van der Waals surface area (Å²) in [4.78, 5) is 10.7. The van der Waals surface area contributed by atoms with Gasteiger partial charge in [-0.3, -0.25) is 0 Å². The van der Waals surface area contributed by atoms with Crippen molar-refractivity contribution in [1.82, 2.24) is 0 Å². The predicted molar refractivity (Wildman–Crippen MR) is 62.8 cm³/mol. The normalized spacial score (nSPS) is 12.1. The molecule has 1 rings (SSSR count). The molecule has 1 aromatic rings. The molecule has 0 saturated heterocycles. The van der Waals surface area contributed by atoms with Crippen molar-refractivity contribution in [3.63, 3.8) is 0 Å². The van der Waals surface area contributed by atoms with Gasteiger partial charge in [0.1, 0.15) is 0 Å². The molecule has 0 aliphatic rings. The van der Waals surface area contributed by atoms with E-state index in [0.717, 1.165) is 5.56 Å². The SMILES string of the molecule is C=CCOCC(C)c1ccc(C(=O)O)cc1. The summed E-state index contributed by atoms with van der Waals surface area (Å²) in [6.45, 7) is 6.76. The molecule has 1 unspecified atom stereocenters.